The van der Waals surface area contributed by atoms with Gasteiger partial charge in [-0.1, -0.05) is 17.7 Å². The number of nitrogens with zero attached hydrogens (tertiary/aromatic N) is 1. The molecule has 2 aromatic rings. The molecule has 0 aromatic heterocycles. The maximum absolute atomic E-state index is 12.3. The van der Waals surface area contributed by atoms with Crippen molar-refractivity contribution in [1.29, 1.82) is 0 Å². The first-order chi connectivity index (χ1) is 11.5. The lowest BCUT2D eigenvalue weighted by atomic mass is 10.1. The van der Waals surface area contributed by atoms with Crippen LogP contribution in [0.5, 0.6) is 5.75 Å². The SMILES string of the molecule is CCN1C(=O)C(C)Oc2ccc(NC(=O)c3cccc(Cl)c3)cc21. The quantitative estimate of drug-likeness (QED) is 0.923. The van der Waals surface area contributed by atoms with Crippen molar-refractivity contribution < 1.29 is 14.3 Å². The Morgan fingerprint density at radius 1 is 1.29 bits per heavy atom. The molecular weight excluding hydrogens is 328 g/mol. The van der Waals surface area contributed by atoms with Gasteiger partial charge in [0.25, 0.3) is 11.8 Å². The number of likely N-dealkylation sites (N-methyl/N-ethyl adjacent to an activating group) is 1. The average Bonchev–Trinajstić information content (AvgIpc) is 2.56. The number of hydrogen-bond acceptors (Lipinski definition) is 3. The van der Waals surface area contributed by atoms with Gasteiger partial charge in [0.1, 0.15) is 5.75 Å². The molecule has 0 bridgehead atoms. The second kappa shape index (κ2) is 6.53. The molecule has 1 atom stereocenters. The number of halogens is 1. The van der Waals surface area contributed by atoms with Crippen LogP contribution in [0.4, 0.5) is 11.4 Å². The van der Waals surface area contributed by atoms with Gasteiger partial charge < -0.3 is 15.0 Å². The van der Waals surface area contributed by atoms with E-state index >= 15 is 0 Å². The third kappa shape index (κ3) is 3.08. The molecule has 3 rings (SSSR count). The van der Waals surface area contributed by atoms with E-state index in [4.69, 9.17) is 16.3 Å². The van der Waals surface area contributed by atoms with Crippen LogP contribution in [0.15, 0.2) is 42.5 Å². The van der Waals surface area contributed by atoms with E-state index in [0.717, 1.165) is 0 Å². The molecule has 124 valence electrons. The molecule has 1 aliphatic rings. The number of anilines is 2. The van der Waals surface area contributed by atoms with Crippen molar-refractivity contribution in [3.8, 4) is 5.75 Å². The van der Waals surface area contributed by atoms with E-state index in [2.05, 4.69) is 5.32 Å². The lowest BCUT2D eigenvalue weighted by Gasteiger charge is -2.32. The van der Waals surface area contributed by atoms with Crippen LogP contribution in [0.1, 0.15) is 24.2 Å². The minimum Gasteiger partial charge on any atom is -0.479 e. The third-order valence-electron chi connectivity index (χ3n) is 3.83. The van der Waals surface area contributed by atoms with Gasteiger partial charge in [0.15, 0.2) is 6.10 Å². The summed E-state index contributed by atoms with van der Waals surface area (Å²) in [6.45, 7) is 4.16. The minimum absolute atomic E-state index is 0.0942. The molecule has 0 saturated heterocycles. The van der Waals surface area contributed by atoms with Crippen LogP contribution in [0.2, 0.25) is 5.02 Å². The van der Waals surface area contributed by atoms with Gasteiger partial charge in [-0.25, -0.2) is 0 Å². The summed E-state index contributed by atoms with van der Waals surface area (Å²) in [4.78, 5) is 26.2. The van der Waals surface area contributed by atoms with Crippen molar-refractivity contribution >= 4 is 34.8 Å². The summed E-state index contributed by atoms with van der Waals surface area (Å²) in [5, 5.41) is 3.31. The minimum atomic E-state index is -0.510. The molecule has 1 unspecified atom stereocenters. The molecule has 1 N–H and O–H groups in total. The van der Waals surface area contributed by atoms with Crippen molar-refractivity contribution in [3.63, 3.8) is 0 Å². The average molecular weight is 345 g/mol. The number of hydrogen-bond donors (Lipinski definition) is 1. The number of carbonyl (C=O) groups excluding carboxylic acids is 2. The summed E-state index contributed by atoms with van der Waals surface area (Å²) in [6, 6.07) is 12.0. The Labute approximate surface area is 145 Å². The number of carbonyl (C=O) groups is 2. The second-order valence-electron chi connectivity index (χ2n) is 5.49. The van der Waals surface area contributed by atoms with Crippen LogP contribution in [-0.2, 0) is 4.79 Å². The van der Waals surface area contributed by atoms with Crippen LogP contribution in [-0.4, -0.2) is 24.5 Å². The van der Waals surface area contributed by atoms with E-state index in [0.29, 0.717) is 34.3 Å². The zero-order valence-electron chi connectivity index (χ0n) is 13.4. The van der Waals surface area contributed by atoms with Gasteiger partial charge in [-0.3, -0.25) is 9.59 Å². The van der Waals surface area contributed by atoms with Crippen LogP contribution in [0, 0.1) is 0 Å². The van der Waals surface area contributed by atoms with Crippen molar-refractivity contribution in [2.45, 2.75) is 20.0 Å². The van der Waals surface area contributed by atoms with E-state index in [1.54, 1.807) is 54.3 Å². The molecule has 0 saturated carbocycles. The summed E-state index contributed by atoms with van der Waals surface area (Å²) in [7, 11) is 0. The van der Waals surface area contributed by atoms with Crippen LogP contribution in [0.3, 0.4) is 0 Å². The van der Waals surface area contributed by atoms with E-state index < -0.39 is 6.10 Å². The van der Waals surface area contributed by atoms with Crippen LogP contribution >= 0.6 is 11.6 Å². The van der Waals surface area contributed by atoms with Gasteiger partial charge >= 0.3 is 0 Å². The zero-order chi connectivity index (χ0) is 17.3. The van der Waals surface area contributed by atoms with Crippen molar-refractivity contribution in [2.24, 2.45) is 0 Å². The third-order valence-corrected chi connectivity index (χ3v) is 4.06. The molecule has 0 fully saturated rings. The number of rotatable bonds is 3. The highest BCUT2D eigenvalue weighted by atomic mass is 35.5. The number of amides is 2. The largest absolute Gasteiger partial charge is 0.479 e. The van der Waals surface area contributed by atoms with Crippen molar-refractivity contribution in [3.05, 3.63) is 53.1 Å². The Hall–Kier alpha value is -2.53. The Morgan fingerprint density at radius 3 is 2.79 bits per heavy atom. The van der Waals surface area contributed by atoms with E-state index in [1.807, 2.05) is 6.92 Å². The topological polar surface area (TPSA) is 58.6 Å². The Morgan fingerprint density at radius 2 is 2.08 bits per heavy atom. The lowest BCUT2D eigenvalue weighted by Crippen LogP contribution is -2.44. The lowest BCUT2D eigenvalue weighted by molar-refractivity contribution is -0.125. The number of benzene rings is 2. The molecule has 1 heterocycles. The number of fused-ring (bicyclic) bond motifs is 1. The normalized spacial score (nSPS) is 16.4. The molecule has 24 heavy (non-hydrogen) atoms. The predicted octanol–water partition coefficient (Wildman–Crippen LogP) is 3.73. The van der Waals surface area contributed by atoms with Gasteiger partial charge in [-0.05, 0) is 50.2 Å². The molecule has 6 heteroatoms. The van der Waals surface area contributed by atoms with Gasteiger partial charge in [0, 0.05) is 22.8 Å². The molecule has 1 aliphatic heterocycles. The molecule has 0 radical (unpaired) electrons. The Bertz CT molecular complexity index is 807. The Kier molecular flexibility index (Phi) is 4.44. The van der Waals surface area contributed by atoms with E-state index in [1.165, 1.54) is 0 Å². The van der Waals surface area contributed by atoms with Crippen molar-refractivity contribution in [2.75, 3.05) is 16.8 Å². The predicted molar refractivity (Wildman–Crippen MR) is 94.0 cm³/mol. The summed E-state index contributed by atoms with van der Waals surface area (Å²) in [5.74, 6) is 0.268. The summed E-state index contributed by atoms with van der Waals surface area (Å²) in [6.07, 6.45) is -0.510. The monoisotopic (exact) mass is 344 g/mol. The van der Waals surface area contributed by atoms with Crippen LogP contribution in [0.25, 0.3) is 0 Å². The first-order valence-electron chi connectivity index (χ1n) is 7.68. The summed E-state index contributed by atoms with van der Waals surface area (Å²) >= 11 is 5.91. The molecule has 2 aromatic carbocycles. The molecule has 0 spiro atoms. The fourth-order valence-electron chi connectivity index (χ4n) is 2.64. The summed E-state index contributed by atoms with van der Waals surface area (Å²) in [5.41, 5.74) is 1.71. The van der Waals surface area contributed by atoms with Gasteiger partial charge in [0.2, 0.25) is 0 Å². The van der Waals surface area contributed by atoms with Gasteiger partial charge in [0.05, 0.1) is 5.69 Å². The number of ether oxygens (including phenoxy) is 1. The van der Waals surface area contributed by atoms with E-state index in [9.17, 15) is 9.59 Å². The first kappa shape index (κ1) is 16.3. The van der Waals surface area contributed by atoms with Crippen molar-refractivity contribution in [1.82, 2.24) is 0 Å². The highest BCUT2D eigenvalue weighted by molar-refractivity contribution is 6.31. The molecule has 5 nitrogen and oxygen atoms in total. The highest BCUT2D eigenvalue weighted by Crippen LogP contribution is 2.36. The smallest absolute Gasteiger partial charge is 0.267 e. The maximum Gasteiger partial charge on any atom is 0.267 e. The first-order valence-corrected chi connectivity index (χ1v) is 8.06. The molecule has 2 amide bonds. The zero-order valence-corrected chi connectivity index (χ0v) is 14.1. The highest BCUT2D eigenvalue weighted by Gasteiger charge is 2.30. The second-order valence-corrected chi connectivity index (χ2v) is 5.93. The van der Waals surface area contributed by atoms with Gasteiger partial charge in [-0.2, -0.15) is 0 Å². The fourth-order valence-corrected chi connectivity index (χ4v) is 2.83. The molecular formula is C18H17ClN2O3. The van der Waals surface area contributed by atoms with Gasteiger partial charge in [-0.15, -0.1) is 0 Å². The fraction of sp³-hybridized carbons (Fsp3) is 0.222. The summed E-state index contributed by atoms with van der Waals surface area (Å²) < 4.78 is 5.62. The standard InChI is InChI=1S/C18H17ClN2O3/c1-3-21-15-10-14(7-8-16(15)24-11(2)18(21)23)20-17(22)12-5-4-6-13(19)9-12/h4-11H,3H2,1-2H3,(H,20,22). The Balaban J connectivity index is 1.87. The van der Waals surface area contributed by atoms with E-state index in [-0.39, 0.29) is 11.8 Å². The molecule has 0 aliphatic carbocycles. The van der Waals surface area contributed by atoms with Crippen LogP contribution < -0.4 is 15.0 Å². The maximum atomic E-state index is 12.3. The number of nitrogens with one attached hydrogen (secondary N) is 1.